The van der Waals surface area contributed by atoms with Crippen LogP contribution in [0, 0.1) is 17.6 Å². The maximum absolute atomic E-state index is 13.6. The second kappa shape index (κ2) is 5.92. The first kappa shape index (κ1) is 14.3. The van der Waals surface area contributed by atoms with Crippen LogP contribution in [0.2, 0.25) is 0 Å². The largest absolute Gasteiger partial charge is 0.323 e. The van der Waals surface area contributed by atoms with Crippen molar-refractivity contribution in [3.8, 4) is 0 Å². The predicted octanol–water partition coefficient (Wildman–Crippen LogP) is 3.48. The first-order valence-corrected chi connectivity index (χ1v) is 6.31. The van der Waals surface area contributed by atoms with E-state index < -0.39 is 34.9 Å². The molecule has 0 amide bonds. The van der Waals surface area contributed by atoms with Crippen molar-refractivity contribution in [2.75, 3.05) is 0 Å². The molecule has 2 N–H and O–H groups in total. The number of nitrogens with two attached hydrogens (primary N) is 1. The molecule has 4 heteroatoms. The molecule has 0 spiro atoms. The van der Waals surface area contributed by atoms with Crippen molar-refractivity contribution < 1.29 is 13.6 Å². The van der Waals surface area contributed by atoms with Gasteiger partial charge < -0.3 is 5.73 Å². The van der Waals surface area contributed by atoms with E-state index in [2.05, 4.69) is 0 Å². The monoisotopic (exact) mass is 275 g/mol. The number of hydrogen-bond acceptors (Lipinski definition) is 2. The molecule has 0 aliphatic heterocycles. The lowest BCUT2D eigenvalue weighted by molar-refractivity contribution is 0.0904. The van der Waals surface area contributed by atoms with Crippen molar-refractivity contribution >= 4 is 5.78 Å². The Kier molecular flexibility index (Phi) is 4.25. The van der Waals surface area contributed by atoms with Crippen molar-refractivity contribution in [3.05, 3.63) is 71.3 Å². The molecule has 0 radical (unpaired) electrons. The van der Waals surface area contributed by atoms with E-state index >= 15 is 0 Å². The van der Waals surface area contributed by atoms with Gasteiger partial charge in [0.15, 0.2) is 5.78 Å². The number of rotatable bonds is 4. The highest BCUT2D eigenvalue weighted by atomic mass is 19.1. The fraction of sp³-hybridized carbons (Fsp3) is 0.188. The summed E-state index contributed by atoms with van der Waals surface area (Å²) < 4.78 is 27.3. The van der Waals surface area contributed by atoms with Gasteiger partial charge in [0, 0.05) is 12.0 Å². The number of halogens is 2. The summed E-state index contributed by atoms with van der Waals surface area (Å²) in [5.74, 6) is -3.06. The van der Waals surface area contributed by atoms with Gasteiger partial charge in [0.2, 0.25) is 0 Å². The molecule has 20 heavy (non-hydrogen) atoms. The molecule has 0 saturated carbocycles. The molecule has 2 unspecified atom stereocenters. The zero-order valence-corrected chi connectivity index (χ0v) is 11.0. The number of hydrogen-bond donors (Lipinski definition) is 1. The molecule has 0 heterocycles. The molecule has 0 saturated heterocycles. The second-order valence-corrected chi connectivity index (χ2v) is 4.69. The minimum absolute atomic E-state index is 0.522. The quantitative estimate of drug-likeness (QED) is 0.868. The Morgan fingerprint density at radius 2 is 1.55 bits per heavy atom. The van der Waals surface area contributed by atoms with Gasteiger partial charge in [-0.2, -0.15) is 0 Å². The van der Waals surface area contributed by atoms with Crippen molar-refractivity contribution in [3.63, 3.8) is 0 Å². The summed E-state index contributed by atoms with van der Waals surface area (Å²) in [6.45, 7) is 1.58. The van der Waals surface area contributed by atoms with E-state index in [-0.39, 0.29) is 0 Å². The molecule has 2 aromatic rings. The number of carbonyl (C=O) groups excluding carboxylic acids is 1. The molecule has 2 rings (SSSR count). The first-order valence-electron chi connectivity index (χ1n) is 6.31. The van der Waals surface area contributed by atoms with E-state index in [1.807, 2.05) is 6.07 Å². The lowest BCUT2D eigenvalue weighted by atomic mass is 9.88. The van der Waals surface area contributed by atoms with Gasteiger partial charge in [-0.1, -0.05) is 43.3 Å². The van der Waals surface area contributed by atoms with Crippen LogP contribution in [0.5, 0.6) is 0 Å². The van der Waals surface area contributed by atoms with Gasteiger partial charge in [0.25, 0.3) is 0 Å². The molecule has 104 valence electrons. The normalized spacial score (nSPS) is 13.8. The maximum Gasteiger partial charge on any atom is 0.173 e. The van der Waals surface area contributed by atoms with Crippen LogP contribution < -0.4 is 5.73 Å². The Morgan fingerprint density at radius 3 is 2.10 bits per heavy atom. The predicted molar refractivity (Wildman–Crippen MR) is 73.2 cm³/mol. The van der Waals surface area contributed by atoms with Crippen molar-refractivity contribution in [1.29, 1.82) is 0 Å². The number of Topliss-reactive ketones (excluding diaryl/α,β-unsaturated/α-hetero) is 1. The summed E-state index contributed by atoms with van der Waals surface area (Å²) in [7, 11) is 0. The summed E-state index contributed by atoms with van der Waals surface area (Å²) in [4.78, 5) is 12.2. The third kappa shape index (κ3) is 2.75. The molecule has 0 aliphatic carbocycles. The average molecular weight is 275 g/mol. The van der Waals surface area contributed by atoms with Crippen LogP contribution >= 0.6 is 0 Å². The Bertz CT molecular complexity index is 593. The second-order valence-electron chi connectivity index (χ2n) is 4.69. The van der Waals surface area contributed by atoms with Gasteiger partial charge in [-0.05, 0) is 17.7 Å². The lowest BCUT2D eigenvalue weighted by Crippen LogP contribution is -2.27. The zero-order valence-electron chi connectivity index (χ0n) is 11.0. The zero-order chi connectivity index (χ0) is 14.7. The molecule has 0 aromatic heterocycles. The van der Waals surface area contributed by atoms with Crippen LogP contribution in [0.25, 0.3) is 0 Å². The fourth-order valence-electron chi connectivity index (χ4n) is 2.09. The van der Waals surface area contributed by atoms with E-state index in [0.717, 1.165) is 17.7 Å². The Morgan fingerprint density at radius 1 is 1.00 bits per heavy atom. The SMILES string of the molecule is CC(C(=O)c1c(F)cccc1F)C(N)c1ccccc1. The van der Waals surface area contributed by atoms with Crippen molar-refractivity contribution in [2.45, 2.75) is 13.0 Å². The van der Waals surface area contributed by atoms with Gasteiger partial charge in [0.05, 0.1) is 5.56 Å². The lowest BCUT2D eigenvalue weighted by Gasteiger charge is -2.19. The molecule has 0 fully saturated rings. The van der Waals surface area contributed by atoms with Crippen molar-refractivity contribution in [1.82, 2.24) is 0 Å². The van der Waals surface area contributed by atoms with Crippen LogP contribution in [-0.2, 0) is 0 Å². The maximum atomic E-state index is 13.6. The molecule has 2 nitrogen and oxygen atoms in total. The summed E-state index contributed by atoms with van der Waals surface area (Å²) >= 11 is 0. The van der Waals surface area contributed by atoms with E-state index in [1.54, 1.807) is 31.2 Å². The summed E-state index contributed by atoms with van der Waals surface area (Å²) in [6, 6.07) is 11.8. The van der Waals surface area contributed by atoms with Gasteiger partial charge in [-0.25, -0.2) is 8.78 Å². The molecular weight excluding hydrogens is 260 g/mol. The van der Waals surface area contributed by atoms with E-state index in [0.29, 0.717) is 0 Å². The van der Waals surface area contributed by atoms with Crippen LogP contribution in [0.4, 0.5) is 8.78 Å². The highest BCUT2D eigenvalue weighted by molar-refractivity contribution is 5.98. The molecule has 2 aromatic carbocycles. The van der Waals surface area contributed by atoms with Gasteiger partial charge in [-0.15, -0.1) is 0 Å². The summed E-state index contributed by atoms with van der Waals surface area (Å²) in [6.07, 6.45) is 0. The van der Waals surface area contributed by atoms with Crippen LogP contribution in [0.1, 0.15) is 28.9 Å². The van der Waals surface area contributed by atoms with Crippen molar-refractivity contribution in [2.24, 2.45) is 11.7 Å². The van der Waals surface area contributed by atoms with Crippen LogP contribution in [0.15, 0.2) is 48.5 Å². The first-order chi connectivity index (χ1) is 9.52. The Balaban J connectivity index is 2.29. The molecule has 0 bridgehead atoms. The Hall–Kier alpha value is -2.07. The third-order valence-corrected chi connectivity index (χ3v) is 3.35. The smallest absolute Gasteiger partial charge is 0.173 e. The average Bonchev–Trinajstić information content (AvgIpc) is 2.46. The highest BCUT2D eigenvalue weighted by Crippen LogP contribution is 2.25. The van der Waals surface area contributed by atoms with Gasteiger partial charge >= 0.3 is 0 Å². The van der Waals surface area contributed by atoms with E-state index in [4.69, 9.17) is 5.73 Å². The van der Waals surface area contributed by atoms with Gasteiger partial charge in [-0.3, -0.25) is 4.79 Å². The molecule has 2 atom stereocenters. The van der Waals surface area contributed by atoms with E-state index in [9.17, 15) is 13.6 Å². The van der Waals surface area contributed by atoms with Crippen LogP contribution in [-0.4, -0.2) is 5.78 Å². The minimum Gasteiger partial charge on any atom is -0.323 e. The number of carbonyl (C=O) groups is 1. The topological polar surface area (TPSA) is 43.1 Å². The number of benzene rings is 2. The molecule has 0 aliphatic rings. The number of ketones is 1. The van der Waals surface area contributed by atoms with E-state index in [1.165, 1.54) is 6.07 Å². The Labute approximate surface area is 116 Å². The highest BCUT2D eigenvalue weighted by Gasteiger charge is 2.27. The molecular formula is C16H15F2NO. The summed E-state index contributed by atoms with van der Waals surface area (Å²) in [5, 5.41) is 0. The third-order valence-electron chi connectivity index (χ3n) is 3.35. The minimum atomic E-state index is -0.859. The fourth-order valence-corrected chi connectivity index (χ4v) is 2.09. The standard InChI is InChI=1S/C16H15F2NO/c1-10(15(19)11-6-3-2-4-7-11)16(20)14-12(17)8-5-9-13(14)18/h2-10,15H,19H2,1H3. The van der Waals surface area contributed by atoms with Crippen LogP contribution in [0.3, 0.4) is 0 Å². The van der Waals surface area contributed by atoms with Gasteiger partial charge in [0.1, 0.15) is 11.6 Å². The summed E-state index contributed by atoms with van der Waals surface area (Å²) in [5.41, 5.74) is 6.24.